The van der Waals surface area contributed by atoms with Gasteiger partial charge < -0.3 is 10.3 Å². The van der Waals surface area contributed by atoms with E-state index in [1.54, 1.807) is 0 Å². The highest BCUT2D eigenvalue weighted by Crippen LogP contribution is 2.33. The fourth-order valence-corrected chi connectivity index (χ4v) is 2.18. The molecular weight excluding hydrogens is 246 g/mol. The van der Waals surface area contributed by atoms with Crippen LogP contribution in [0.1, 0.15) is 27.7 Å². The summed E-state index contributed by atoms with van der Waals surface area (Å²) in [4.78, 5) is 4.37. The number of hydrogen-bond donors (Lipinski definition) is 1. The average molecular weight is 266 g/mol. The first-order chi connectivity index (χ1) is 8.33. The zero-order chi connectivity index (χ0) is 13.5. The van der Waals surface area contributed by atoms with Gasteiger partial charge in [0.25, 0.3) is 0 Å². The van der Waals surface area contributed by atoms with Gasteiger partial charge in [-0.05, 0) is 23.5 Å². The molecule has 0 fully saturated rings. The molecule has 3 nitrogen and oxygen atoms in total. The molecule has 2 N–H and O–H groups in total. The van der Waals surface area contributed by atoms with Gasteiger partial charge in [0.2, 0.25) is 5.95 Å². The number of para-hydroxylation sites is 1. The number of halogens is 1. The normalized spacial score (nSPS) is 12.6. The molecule has 98 valence electrons. The number of nitrogens with zero attached hydrogens (tertiary/aromatic N) is 2. The second kappa shape index (κ2) is 4.47. The maximum Gasteiger partial charge on any atom is 0.201 e. The van der Waals surface area contributed by atoms with Crippen molar-refractivity contribution in [2.75, 3.05) is 5.73 Å². The zero-order valence-corrected chi connectivity index (χ0v) is 12.1. The molecule has 1 aromatic carbocycles. The molecule has 0 aliphatic carbocycles. The lowest BCUT2D eigenvalue weighted by atomic mass is 9.81. The summed E-state index contributed by atoms with van der Waals surface area (Å²) in [5.74, 6) is 1.09. The minimum absolute atomic E-state index is 0.140. The van der Waals surface area contributed by atoms with Crippen LogP contribution in [-0.2, 0) is 6.54 Å². The summed E-state index contributed by atoms with van der Waals surface area (Å²) in [6.45, 7) is 9.73. The molecular formula is C14H20ClN3. The molecule has 0 atom stereocenters. The number of nitrogens with two attached hydrogens (primary N) is 1. The minimum atomic E-state index is 0.140. The van der Waals surface area contributed by atoms with Crippen molar-refractivity contribution in [2.24, 2.45) is 11.3 Å². The Bertz CT molecular complexity index is 570. The van der Waals surface area contributed by atoms with Gasteiger partial charge in [-0.2, -0.15) is 0 Å². The van der Waals surface area contributed by atoms with Gasteiger partial charge >= 0.3 is 0 Å². The SMILES string of the molecule is CC(C)C(C)(C)Cn1c(N)nc2cccc(Cl)c21. The number of nitrogen functional groups attached to an aromatic ring is 1. The molecule has 0 saturated carbocycles. The first-order valence-corrected chi connectivity index (χ1v) is 6.61. The lowest BCUT2D eigenvalue weighted by Crippen LogP contribution is -2.26. The highest BCUT2D eigenvalue weighted by molar-refractivity contribution is 6.35. The van der Waals surface area contributed by atoms with Gasteiger partial charge in [-0.25, -0.2) is 4.98 Å². The average Bonchev–Trinajstić information content (AvgIpc) is 2.56. The van der Waals surface area contributed by atoms with Gasteiger partial charge in [0, 0.05) is 6.54 Å². The third-order valence-corrected chi connectivity index (χ3v) is 4.18. The molecule has 2 aromatic rings. The van der Waals surface area contributed by atoms with Crippen LogP contribution in [0.3, 0.4) is 0 Å². The number of benzene rings is 1. The molecule has 0 unspecified atom stereocenters. The van der Waals surface area contributed by atoms with Crippen LogP contribution < -0.4 is 5.73 Å². The largest absolute Gasteiger partial charge is 0.369 e. The fourth-order valence-electron chi connectivity index (χ4n) is 1.91. The van der Waals surface area contributed by atoms with Crippen LogP contribution in [0.5, 0.6) is 0 Å². The van der Waals surface area contributed by atoms with E-state index < -0.39 is 0 Å². The fraction of sp³-hybridized carbons (Fsp3) is 0.500. The van der Waals surface area contributed by atoms with Crippen LogP contribution in [0.25, 0.3) is 11.0 Å². The minimum Gasteiger partial charge on any atom is -0.369 e. The van der Waals surface area contributed by atoms with E-state index in [1.165, 1.54) is 0 Å². The lowest BCUT2D eigenvalue weighted by molar-refractivity contribution is 0.214. The number of fused-ring (bicyclic) bond motifs is 1. The van der Waals surface area contributed by atoms with E-state index in [1.807, 2.05) is 22.8 Å². The van der Waals surface area contributed by atoms with E-state index in [4.69, 9.17) is 17.3 Å². The Morgan fingerprint density at radius 3 is 2.67 bits per heavy atom. The van der Waals surface area contributed by atoms with Gasteiger partial charge in [-0.3, -0.25) is 0 Å². The molecule has 0 saturated heterocycles. The van der Waals surface area contributed by atoms with Crippen molar-refractivity contribution in [3.63, 3.8) is 0 Å². The van der Waals surface area contributed by atoms with E-state index in [2.05, 4.69) is 32.7 Å². The Labute approximate surface area is 113 Å². The quantitative estimate of drug-likeness (QED) is 0.913. The Kier molecular flexibility index (Phi) is 3.28. The van der Waals surface area contributed by atoms with Crippen LogP contribution in [0.4, 0.5) is 5.95 Å². The zero-order valence-electron chi connectivity index (χ0n) is 11.4. The molecule has 2 rings (SSSR count). The summed E-state index contributed by atoms with van der Waals surface area (Å²) >= 11 is 6.27. The molecule has 1 heterocycles. The number of anilines is 1. The van der Waals surface area contributed by atoms with Crippen molar-refractivity contribution in [2.45, 2.75) is 34.2 Å². The van der Waals surface area contributed by atoms with Crippen LogP contribution in [0, 0.1) is 11.3 Å². The Hall–Kier alpha value is -1.22. The van der Waals surface area contributed by atoms with Crippen molar-refractivity contribution in [1.82, 2.24) is 9.55 Å². The Morgan fingerprint density at radius 2 is 2.06 bits per heavy atom. The summed E-state index contributed by atoms with van der Waals surface area (Å²) in [6, 6.07) is 5.72. The van der Waals surface area contributed by atoms with Gasteiger partial charge in [-0.15, -0.1) is 0 Å². The van der Waals surface area contributed by atoms with Crippen molar-refractivity contribution < 1.29 is 0 Å². The van der Waals surface area contributed by atoms with E-state index in [0.29, 0.717) is 16.9 Å². The van der Waals surface area contributed by atoms with Gasteiger partial charge in [-0.1, -0.05) is 45.4 Å². The topological polar surface area (TPSA) is 43.8 Å². The number of rotatable bonds is 3. The maximum atomic E-state index is 6.27. The highest BCUT2D eigenvalue weighted by Gasteiger charge is 2.25. The molecule has 0 bridgehead atoms. The third-order valence-electron chi connectivity index (χ3n) is 3.88. The monoisotopic (exact) mass is 265 g/mol. The molecule has 0 aliphatic heterocycles. The van der Waals surface area contributed by atoms with Crippen LogP contribution >= 0.6 is 11.6 Å². The molecule has 4 heteroatoms. The summed E-state index contributed by atoms with van der Waals surface area (Å²) in [6.07, 6.45) is 0. The highest BCUT2D eigenvalue weighted by atomic mass is 35.5. The Morgan fingerprint density at radius 1 is 1.39 bits per heavy atom. The lowest BCUT2D eigenvalue weighted by Gasteiger charge is -2.30. The number of hydrogen-bond acceptors (Lipinski definition) is 2. The third kappa shape index (κ3) is 2.19. The van der Waals surface area contributed by atoms with Gasteiger partial charge in [0.1, 0.15) is 0 Å². The van der Waals surface area contributed by atoms with E-state index >= 15 is 0 Å². The van der Waals surface area contributed by atoms with Gasteiger partial charge in [0.15, 0.2) is 0 Å². The summed E-state index contributed by atoms with van der Waals surface area (Å²) in [7, 11) is 0. The molecule has 18 heavy (non-hydrogen) atoms. The van der Waals surface area contributed by atoms with E-state index in [-0.39, 0.29) is 5.41 Å². The predicted octanol–water partition coefficient (Wildman–Crippen LogP) is 3.95. The maximum absolute atomic E-state index is 6.27. The van der Waals surface area contributed by atoms with Crippen molar-refractivity contribution >= 4 is 28.6 Å². The smallest absolute Gasteiger partial charge is 0.201 e. The van der Waals surface area contributed by atoms with E-state index in [9.17, 15) is 0 Å². The standard InChI is InChI=1S/C14H20ClN3/c1-9(2)14(3,4)8-18-12-10(15)6-5-7-11(12)17-13(18)16/h5-7,9H,8H2,1-4H3,(H2,16,17). The second-order valence-electron chi connectivity index (χ2n) is 5.81. The molecule has 0 amide bonds. The molecule has 0 spiro atoms. The number of imidazole rings is 1. The van der Waals surface area contributed by atoms with Crippen molar-refractivity contribution in [3.8, 4) is 0 Å². The Balaban J connectivity index is 2.54. The summed E-state index contributed by atoms with van der Waals surface area (Å²) in [5, 5.41) is 0.705. The first kappa shape index (κ1) is 13.2. The second-order valence-corrected chi connectivity index (χ2v) is 6.21. The summed E-state index contributed by atoms with van der Waals surface area (Å²) in [5.41, 5.74) is 7.96. The van der Waals surface area contributed by atoms with Crippen LogP contribution in [0.2, 0.25) is 5.02 Å². The van der Waals surface area contributed by atoms with Crippen molar-refractivity contribution in [3.05, 3.63) is 23.2 Å². The van der Waals surface area contributed by atoms with Gasteiger partial charge in [0.05, 0.1) is 16.1 Å². The van der Waals surface area contributed by atoms with E-state index in [0.717, 1.165) is 17.6 Å². The molecule has 1 aromatic heterocycles. The molecule has 0 radical (unpaired) electrons. The summed E-state index contributed by atoms with van der Waals surface area (Å²) < 4.78 is 2.03. The van der Waals surface area contributed by atoms with Crippen molar-refractivity contribution in [1.29, 1.82) is 0 Å². The number of aromatic nitrogens is 2. The van der Waals surface area contributed by atoms with Crippen LogP contribution in [-0.4, -0.2) is 9.55 Å². The first-order valence-electron chi connectivity index (χ1n) is 6.23. The van der Waals surface area contributed by atoms with Crippen LogP contribution in [0.15, 0.2) is 18.2 Å². The predicted molar refractivity (Wildman–Crippen MR) is 77.8 cm³/mol. The molecule has 0 aliphatic rings.